The molecule has 0 unspecified atom stereocenters. The molecule has 0 aliphatic carbocycles. The number of morpholine rings is 1. The lowest BCUT2D eigenvalue weighted by atomic mass is 9.91. The molecule has 0 saturated carbocycles. The van der Waals surface area contributed by atoms with Gasteiger partial charge in [-0.05, 0) is 53.1 Å². The molecule has 1 fully saturated rings. The van der Waals surface area contributed by atoms with Crippen LogP contribution in [0.5, 0.6) is 0 Å². The van der Waals surface area contributed by atoms with Gasteiger partial charge >= 0.3 is 0 Å². The minimum atomic E-state index is -0.638. The zero-order valence-electron chi connectivity index (χ0n) is 16.3. The van der Waals surface area contributed by atoms with Crippen molar-refractivity contribution in [2.75, 3.05) is 7.05 Å². The SMILES string of the molecule is CN1C(=O)[C@@H](Cc2ccc(F)cc2)O[C@H](c2ccc(Br)cc2)[C@@H]1c1ccc(Br)cc1. The van der Waals surface area contributed by atoms with Crippen LogP contribution in [0.3, 0.4) is 0 Å². The van der Waals surface area contributed by atoms with Crippen LogP contribution < -0.4 is 0 Å². The van der Waals surface area contributed by atoms with Gasteiger partial charge in [0.15, 0.2) is 0 Å². The smallest absolute Gasteiger partial charge is 0.252 e. The van der Waals surface area contributed by atoms with Crippen molar-refractivity contribution in [2.45, 2.75) is 24.7 Å². The monoisotopic (exact) mass is 531 g/mol. The Morgan fingerprint density at radius 3 is 1.97 bits per heavy atom. The molecule has 6 heteroatoms. The van der Waals surface area contributed by atoms with E-state index in [1.54, 1.807) is 17.0 Å². The molecule has 0 spiro atoms. The van der Waals surface area contributed by atoms with Crippen LogP contribution in [-0.2, 0) is 16.0 Å². The Morgan fingerprint density at radius 1 is 0.867 bits per heavy atom. The van der Waals surface area contributed by atoms with E-state index >= 15 is 0 Å². The number of halogens is 3. The molecule has 0 bridgehead atoms. The summed E-state index contributed by atoms with van der Waals surface area (Å²) in [7, 11) is 1.82. The molecule has 154 valence electrons. The van der Waals surface area contributed by atoms with Gasteiger partial charge in [0.05, 0.1) is 6.04 Å². The Balaban J connectivity index is 1.69. The third kappa shape index (κ3) is 4.51. The molecule has 3 aromatic rings. The fourth-order valence-electron chi connectivity index (χ4n) is 3.82. The predicted octanol–water partition coefficient (Wildman–Crippen LogP) is 6.23. The van der Waals surface area contributed by atoms with Gasteiger partial charge in [-0.3, -0.25) is 4.79 Å². The number of ether oxygens (including phenoxy) is 1. The number of rotatable bonds is 4. The molecule has 3 nitrogen and oxygen atoms in total. The predicted molar refractivity (Wildman–Crippen MR) is 122 cm³/mol. The molecular weight excluding hydrogens is 513 g/mol. The molecule has 1 saturated heterocycles. The first-order valence-electron chi connectivity index (χ1n) is 9.60. The van der Waals surface area contributed by atoms with Crippen molar-refractivity contribution in [3.8, 4) is 0 Å². The number of hydrogen-bond donors (Lipinski definition) is 0. The first kappa shape index (κ1) is 21.2. The first-order valence-corrected chi connectivity index (χ1v) is 11.2. The van der Waals surface area contributed by atoms with Crippen LogP contribution >= 0.6 is 31.9 Å². The zero-order valence-corrected chi connectivity index (χ0v) is 19.4. The van der Waals surface area contributed by atoms with Crippen molar-refractivity contribution in [2.24, 2.45) is 0 Å². The Hall–Kier alpha value is -2.02. The molecular formula is C24H20Br2FNO2. The van der Waals surface area contributed by atoms with Crippen molar-refractivity contribution in [3.63, 3.8) is 0 Å². The van der Waals surface area contributed by atoms with E-state index in [4.69, 9.17) is 4.74 Å². The minimum absolute atomic E-state index is 0.0828. The Kier molecular flexibility index (Phi) is 6.37. The number of likely N-dealkylation sites (N-methyl/N-ethyl adjacent to an activating group) is 1. The summed E-state index contributed by atoms with van der Waals surface area (Å²) in [5, 5.41) is 0. The second-order valence-electron chi connectivity index (χ2n) is 7.37. The van der Waals surface area contributed by atoms with Gasteiger partial charge < -0.3 is 9.64 Å². The van der Waals surface area contributed by atoms with E-state index < -0.39 is 6.10 Å². The third-order valence-electron chi connectivity index (χ3n) is 5.38. The minimum Gasteiger partial charge on any atom is -0.358 e. The van der Waals surface area contributed by atoms with E-state index in [9.17, 15) is 9.18 Å². The van der Waals surface area contributed by atoms with Crippen LogP contribution in [-0.4, -0.2) is 24.0 Å². The first-order chi connectivity index (χ1) is 14.4. The highest BCUT2D eigenvalue weighted by Gasteiger charge is 2.42. The summed E-state index contributed by atoms with van der Waals surface area (Å²) in [6, 6.07) is 21.9. The normalized spacial score (nSPS) is 21.7. The maximum Gasteiger partial charge on any atom is 0.252 e. The Morgan fingerprint density at radius 2 is 1.40 bits per heavy atom. The van der Waals surface area contributed by atoms with Gasteiger partial charge in [0.25, 0.3) is 5.91 Å². The average Bonchev–Trinajstić information content (AvgIpc) is 2.74. The number of amides is 1. The average molecular weight is 533 g/mol. The van der Waals surface area contributed by atoms with Gasteiger partial charge in [0.1, 0.15) is 18.0 Å². The number of carbonyl (C=O) groups is 1. The number of nitrogens with zero attached hydrogens (tertiary/aromatic N) is 1. The van der Waals surface area contributed by atoms with Crippen LogP contribution in [0.1, 0.15) is 28.8 Å². The van der Waals surface area contributed by atoms with E-state index in [1.807, 2.05) is 55.6 Å². The maximum atomic E-state index is 13.3. The molecule has 3 atom stereocenters. The van der Waals surface area contributed by atoms with E-state index in [1.165, 1.54) is 12.1 Å². The van der Waals surface area contributed by atoms with Crippen molar-refractivity contribution < 1.29 is 13.9 Å². The largest absolute Gasteiger partial charge is 0.358 e. The van der Waals surface area contributed by atoms with Gasteiger partial charge in [0, 0.05) is 22.4 Å². The fraction of sp³-hybridized carbons (Fsp3) is 0.208. The summed E-state index contributed by atoms with van der Waals surface area (Å²) in [4.78, 5) is 15.0. The topological polar surface area (TPSA) is 29.5 Å². The van der Waals surface area contributed by atoms with E-state index in [0.29, 0.717) is 6.42 Å². The lowest BCUT2D eigenvalue weighted by Gasteiger charge is -2.43. The van der Waals surface area contributed by atoms with Crippen LogP contribution in [0.25, 0.3) is 0 Å². The number of hydrogen-bond acceptors (Lipinski definition) is 2. The van der Waals surface area contributed by atoms with Crippen molar-refractivity contribution in [1.29, 1.82) is 0 Å². The second kappa shape index (κ2) is 9.00. The molecule has 30 heavy (non-hydrogen) atoms. The highest BCUT2D eigenvalue weighted by atomic mass is 79.9. The van der Waals surface area contributed by atoms with Gasteiger partial charge in [-0.25, -0.2) is 4.39 Å². The van der Waals surface area contributed by atoms with Crippen LogP contribution in [0, 0.1) is 5.82 Å². The summed E-state index contributed by atoms with van der Waals surface area (Å²) < 4.78 is 21.6. The fourth-order valence-corrected chi connectivity index (χ4v) is 4.35. The van der Waals surface area contributed by atoms with Gasteiger partial charge in [0.2, 0.25) is 0 Å². The zero-order chi connectivity index (χ0) is 21.3. The van der Waals surface area contributed by atoms with E-state index in [0.717, 1.165) is 25.6 Å². The summed E-state index contributed by atoms with van der Waals surface area (Å²) in [5.41, 5.74) is 2.86. The third-order valence-corrected chi connectivity index (χ3v) is 6.44. The molecule has 1 aliphatic heterocycles. The van der Waals surface area contributed by atoms with Gasteiger partial charge in [-0.2, -0.15) is 0 Å². The van der Waals surface area contributed by atoms with Gasteiger partial charge in [-0.15, -0.1) is 0 Å². The van der Waals surface area contributed by atoms with Gasteiger partial charge in [-0.1, -0.05) is 68.3 Å². The second-order valence-corrected chi connectivity index (χ2v) is 9.20. The number of carbonyl (C=O) groups excluding carboxylic acids is 1. The van der Waals surface area contributed by atoms with E-state index in [2.05, 4.69) is 31.9 Å². The van der Waals surface area contributed by atoms with Crippen LogP contribution in [0.15, 0.2) is 81.7 Å². The lowest BCUT2D eigenvalue weighted by Crippen LogP contribution is -2.49. The molecule has 1 heterocycles. The van der Waals surface area contributed by atoms with Crippen LogP contribution in [0.4, 0.5) is 4.39 Å². The summed E-state index contributed by atoms with van der Waals surface area (Å²) in [6.45, 7) is 0. The van der Waals surface area contributed by atoms with Crippen LogP contribution in [0.2, 0.25) is 0 Å². The molecule has 1 amide bonds. The Bertz CT molecular complexity index is 1020. The summed E-state index contributed by atoms with van der Waals surface area (Å²) in [5.74, 6) is -0.379. The molecule has 1 aliphatic rings. The highest BCUT2D eigenvalue weighted by Crippen LogP contribution is 2.42. The molecule has 0 radical (unpaired) electrons. The lowest BCUT2D eigenvalue weighted by molar-refractivity contribution is -0.171. The maximum absolute atomic E-state index is 13.3. The van der Waals surface area contributed by atoms with Crippen molar-refractivity contribution >= 4 is 37.8 Å². The van der Waals surface area contributed by atoms with E-state index in [-0.39, 0.29) is 23.9 Å². The molecule has 0 aromatic heterocycles. The number of benzene rings is 3. The molecule has 4 rings (SSSR count). The quantitative estimate of drug-likeness (QED) is 0.398. The standard InChI is InChI=1S/C24H20Br2FNO2/c1-28-22(16-4-8-18(25)9-5-16)23(17-6-10-19(26)11-7-17)30-21(24(28)29)14-15-2-12-20(27)13-3-15/h2-13,21-23H,14H2,1H3/t21-,22+,23-/m1/s1. The summed E-state index contributed by atoms with van der Waals surface area (Å²) >= 11 is 6.95. The molecule has 3 aromatic carbocycles. The Labute approximate surface area is 192 Å². The van der Waals surface area contributed by atoms with Crippen molar-refractivity contribution in [3.05, 3.63) is 104 Å². The highest BCUT2D eigenvalue weighted by molar-refractivity contribution is 9.10. The van der Waals surface area contributed by atoms with Crippen molar-refractivity contribution in [1.82, 2.24) is 4.90 Å². The summed E-state index contributed by atoms with van der Waals surface area (Å²) in [6.07, 6.45) is -0.572. The molecule has 0 N–H and O–H groups in total.